The number of carbonyl (C=O) groups is 1. The molecular formula is C25H19ClN2O5S. The zero-order chi connectivity index (χ0) is 23.9. The predicted molar refractivity (Wildman–Crippen MR) is 130 cm³/mol. The summed E-state index contributed by atoms with van der Waals surface area (Å²) in [7, 11) is 1.62. The summed E-state index contributed by atoms with van der Waals surface area (Å²) in [5.41, 5.74) is 2.39. The number of benzene rings is 3. The summed E-state index contributed by atoms with van der Waals surface area (Å²) in [6.45, 7) is 0.405. The van der Waals surface area contributed by atoms with Crippen molar-refractivity contribution in [1.29, 1.82) is 0 Å². The standard InChI is InChI=1S/C25H19ClN2O5S/c1-31-20-10-4-17(5-11-20)15-32-21-12-2-16(3-13-21)14-22(24(29)30)34-25-28-27-23(33-25)18-6-8-19(26)9-7-18/h2-14H,15H2,1H3,(H,29,30)/b22-14-. The van der Waals surface area contributed by atoms with E-state index in [1.165, 1.54) is 6.08 Å². The number of carboxylic acid groups (broad SMARTS) is 1. The molecule has 172 valence electrons. The molecule has 0 bridgehead atoms. The van der Waals surface area contributed by atoms with Gasteiger partial charge < -0.3 is 19.0 Å². The first-order valence-electron chi connectivity index (χ1n) is 10.1. The van der Waals surface area contributed by atoms with E-state index in [0.29, 0.717) is 28.5 Å². The van der Waals surface area contributed by atoms with Gasteiger partial charge in [0.25, 0.3) is 5.22 Å². The molecule has 4 aromatic rings. The molecule has 0 aliphatic rings. The molecule has 3 aromatic carbocycles. The lowest BCUT2D eigenvalue weighted by atomic mass is 10.2. The van der Waals surface area contributed by atoms with Crippen molar-refractivity contribution < 1.29 is 23.8 Å². The summed E-state index contributed by atoms with van der Waals surface area (Å²) in [4.78, 5) is 11.8. The van der Waals surface area contributed by atoms with Crippen LogP contribution in [0.15, 0.2) is 87.3 Å². The Bertz CT molecular complexity index is 1290. The average molecular weight is 495 g/mol. The van der Waals surface area contributed by atoms with E-state index in [9.17, 15) is 9.90 Å². The van der Waals surface area contributed by atoms with Crippen LogP contribution in [0.4, 0.5) is 0 Å². The molecule has 0 aliphatic carbocycles. The number of halogens is 1. The number of rotatable bonds is 9. The molecule has 34 heavy (non-hydrogen) atoms. The van der Waals surface area contributed by atoms with Gasteiger partial charge in [-0.25, -0.2) is 4.79 Å². The number of methoxy groups -OCH3 is 1. The fourth-order valence-corrected chi connectivity index (χ4v) is 3.69. The first-order chi connectivity index (χ1) is 16.5. The average Bonchev–Trinajstić information content (AvgIpc) is 3.32. The second-order valence-corrected chi connectivity index (χ2v) is 8.43. The summed E-state index contributed by atoms with van der Waals surface area (Å²) in [6, 6.07) is 21.6. The number of aromatic nitrogens is 2. The van der Waals surface area contributed by atoms with Gasteiger partial charge in [0.05, 0.1) is 7.11 Å². The Balaban J connectivity index is 1.41. The van der Waals surface area contributed by atoms with E-state index < -0.39 is 5.97 Å². The third-order valence-corrected chi connectivity index (χ3v) is 5.75. The van der Waals surface area contributed by atoms with Crippen LogP contribution in [0.3, 0.4) is 0 Å². The summed E-state index contributed by atoms with van der Waals surface area (Å²) >= 11 is 6.77. The van der Waals surface area contributed by atoms with Crippen molar-refractivity contribution in [3.8, 4) is 23.0 Å². The van der Waals surface area contributed by atoms with Gasteiger partial charge in [-0.2, -0.15) is 0 Å². The smallest absolute Gasteiger partial charge is 0.342 e. The first-order valence-corrected chi connectivity index (χ1v) is 11.3. The normalized spacial score (nSPS) is 11.3. The van der Waals surface area contributed by atoms with E-state index in [2.05, 4.69) is 10.2 Å². The van der Waals surface area contributed by atoms with E-state index >= 15 is 0 Å². The van der Waals surface area contributed by atoms with E-state index in [0.717, 1.165) is 23.1 Å². The Morgan fingerprint density at radius 1 is 1.00 bits per heavy atom. The molecule has 0 spiro atoms. The Morgan fingerprint density at radius 2 is 1.68 bits per heavy atom. The first kappa shape index (κ1) is 23.4. The Morgan fingerprint density at radius 3 is 2.32 bits per heavy atom. The molecule has 0 fully saturated rings. The summed E-state index contributed by atoms with van der Waals surface area (Å²) < 4.78 is 16.5. The number of nitrogens with zero attached hydrogens (tertiary/aromatic N) is 2. The zero-order valence-corrected chi connectivity index (χ0v) is 19.5. The maximum Gasteiger partial charge on any atom is 0.342 e. The van der Waals surface area contributed by atoms with Crippen LogP contribution in [0.5, 0.6) is 11.5 Å². The minimum Gasteiger partial charge on any atom is -0.497 e. The predicted octanol–water partition coefficient (Wildman–Crippen LogP) is 6.20. The Hall–Kier alpha value is -3.75. The number of aliphatic carboxylic acids is 1. The van der Waals surface area contributed by atoms with Gasteiger partial charge in [-0.1, -0.05) is 35.9 Å². The van der Waals surface area contributed by atoms with Crippen LogP contribution in [0.1, 0.15) is 11.1 Å². The molecule has 1 N–H and O–H groups in total. The largest absolute Gasteiger partial charge is 0.497 e. The van der Waals surface area contributed by atoms with E-state index in [-0.39, 0.29) is 16.0 Å². The molecule has 1 aromatic heterocycles. The number of ether oxygens (including phenoxy) is 2. The van der Waals surface area contributed by atoms with Crippen LogP contribution < -0.4 is 9.47 Å². The molecule has 0 unspecified atom stereocenters. The number of hydrogen-bond donors (Lipinski definition) is 1. The fourth-order valence-electron chi connectivity index (χ4n) is 2.89. The minimum absolute atomic E-state index is 0.0400. The van der Waals surface area contributed by atoms with E-state index in [4.69, 9.17) is 25.5 Å². The van der Waals surface area contributed by atoms with Crippen molar-refractivity contribution in [3.05, 3.63) is 93.9 Å². The monoisotopic (exact) mass is 494 g/mol. The van der Waals surface area contributed by atoms with Gasteiger partial charge in [0, 0.05) is 10.6 Å². The van der Waals surface area contributed by atoms with Crippen LogP contribution in [0.2, 0.25) is 5.02 Å². The highest BCUT2D eigenvalue weighted by Gasteiger charge is 2.16. The second-order valence-electron chi connectivity index (χ2n) is 7.00. The highest BCUT2D eigenvalue weighted by Crippen LogP contribution is 2.30. The highest BCUT2D eigenvalue weighted by atomic mass is 35.5. The van der Waals surface area contributed by atoms with Crippen molar-refractivity contribution in [2.24, 2.45) is 0 Å². The van der Waals surface area contributed by atoms with Crippen LogP contribution in [0, 0.1) is 0 Å². The molecule has 0 atom stereocenters. The number of thioether (sulfide) groups is 1. The maximum absolute atomic E-state index is 11.8. The molecule has 0 saturated heterocycles. The van der Waals surface area contributed by atoms with E-state index in [1.807, 2.05) is 24.3 Å². The fraction of sp³-hybridized carbons (Fsp3) is 0.0800. The second kappa shape index (κ2) is 10.9. The van der Waals surface area contributed by atoms with Crippen LogP contribution in [0.25, 0.3) is 17.5 Å². The molecule has 1 heterocycles. The molecule has 7 nitrogen and oxygen atoms in total. The van der Waals surface area contributed by atoms with E-state index in [1.54, 1.807) is 55.6 Å². The summed E-state index contributed by atoms with van der Waals surface area (Å²) in [6.07, 6.45) is 1.53. The van der Waals surface area contributed by atoms with Gasteiger partial charge in [0.2, 0.25) is 5.89 Å². The molecule has 9 heteroatoms. The highest BCUT2D eigenvalue weighted by molar-refractivity contribution is 8.03. The van der Waals surface area contributed by atoms with Crippen LogP contribution in [-0.2, 0) is 11.4 Å². The summed E-state index contributed by atoms with van der Waals surface area (Å²) in [5.74, 6) is 0.633. The quantitative estimate of drug-likeness (QED) is 0.217. The molecule has 0 saturated carbocycles. The topological polar surface area (TPSA) is 94.7 Å². The van der Waals surface area contributed by atoms with Crippen LogP contribution in [-0.4, -0.2) is 28.4 Å². The maximum atomic E-state index is 11.8. The van der Waals surface area contributed by atoms with Crippen molar-refractivity contribution in [2.45, 2.75) is 11.8 Å². The van der Waals surface area contributed by atoms with Gasteiger partial charge >= 0.3 is 5.97 Å². The SMILES string of the molecule is COc1ccc(COc2ccc(/C=C(\Sc3nnc(-c4ccc(Cl)cc4)o3)C(=O)O)cc2)cc1. The molecule has 0 amide bonds. The van der Waals surface area contributed by atoms with Gasteiger partial charge in [-0.15, -0.1) is 10.2 Å². The number of carboxylic acids is 1. The lowest BCUT2D eigenvalue weighted by Crippen LogP contribution is -1.97. The van der Waals surface area contributed by atoms with Gasteiger partial charge in [-0.05, 0) is 77.5 Å². The van der Waals surface area contributed by atoms with Crippen molar-refractivity contribution in [2.75, 3.05) is 7.11 Å². The minimum atomic E-state index is -1.10. The lowest BCUT2D eigenvalue weighted by Gasteiger charge is -2.07. The van der Waals surface area contributed by atoms with Gasteiger partial charge in [0.15, 0.2) is 0 Å². The molecule has 0 aliphatic heterocycles. The van der Waals surface area contributed by atoms with Crippen molar-refractivity contribution >= 4 is 35.4 Å². The third-order valence-electron chi connectivity index (χ3n) is 4.65. The van der Waals surface area contributed by atoms with Gasteiger partial charge in [0.1, 0.15) is 23.0 Å². The van der Waals surface area contributed by atoms with Crippen molar-refractivity contribution in [1.82, 2.24) is 10.2 Å². The molecule has 4 rings (SSSR count). The lowest BCUT2D eigenvalue weighted by molar-refractivity contribution is -0.131. The Labute approximate surface area is 205 Å². The van der Waals surface area contributed by atoms with Crippen LogP contribution >= 0.6 is 23.4 Å². The zero-order valence-electron chi connectivity index (χ0n) is 18.0. The third kappa shape index (κ3) is 6.18. The Kier molecular flexibility index (Phi) is 7.51. The van der Waals surface area contributed by atoms with Gasteiger partial charge in [-0.3, -0.25) is 0 Å². The summed E-state index contributed by atoms with van der Waals surface area (Å²) in [5, 5.41) is 18.3. The molecule has 0 radical (unpaired) electrons. The molecular weight excluding hydrogens is 476 g/mol. The van der Waals surface area contributed by atoms with Crippen molar-refractivity contribution in [3.63, 3.8) is 0 Å². The number of hydrogen-bond acceptors (Lipinski definition) is 7.